The molecule has 0 aliphatic heterocycles. The van der Waals surface area contributed by atoms with E-state index < -0.39 is 41.8 Å². The topological polar surface area (TPSA) is 147 Å². The molecule has 13 atom stereocenters. The summed E-state index contributed by atoms with van der Waals surface area (Å²) < 4.78 is 0. The highest BCUT2D eigenvalue weighted by Crippen LogP contribution is 2.68. The Labute approximate surface area is 208 Å². The number of aliphatic hydroxyl groups is 4. The first-order valence-electron chi connectivity index (χ1n) is 13.6. The maximum absolute atomic E-state index is 12.3. The average molecular weight is 496 g/mol. The molecule has 0 saturated heterocycles. The van der Waals surface area contributed by atoms with E-state index in [0.29, 0.717) is 32.1 Å². The fourth-order valence-electron chi connectivity index (χ4n) is 9.14. The maximum atomic E-state index is 12.3. The van der Waals surface area contributed by atoms with Gasteiger partial charge in [0.15, 0.2) is 0 Å². The van der Waals surface area contributed by atoms with Crippen LogP contribution in [0, 0.1) is 46.3 Å². The lowest BCUT2D eigenvalue weighted by molar-refractivity contribution is -0.234. The quantitative estimate of drug-likeness (QED) is 0.330. The van der Waals surface area contributed by atoms with Crippen LogP contribution in [0.1, 0.15) is 79.1 Å². The Hall–Kier alpha value is -1.22. The van der Waals surface area contributed by atoms with Crippen molar-refractivity contribution in [3.63, 3.8) is 0 Å². The summed E-state index contributed by atoms with van der Waals surface area (Å²) >= 11 is 0. The van der Waals surface area contributed by atoms with Crippen molar-refractivity contribution in [3.05, 3.63) is 0 Å². The van der Waals surface area contributed by atoms with Gasteiger partial charge < -0.3 is 30.8 Å². The molecule has 200 valence electrons. The van der Waals surface area contributed by atoms with Crippen molar-refractivity contribution < 1.29 is 35.1 Å². The monoisotopic (exact) mass is 495 g/mol. The van der Waals surface area contributed by atoms with Crippen LogP contribution < -0.4 is 5.32 Å². The third-order valence-corrected chi connectivity index (χ3v) is 11.2. The van der Waals surface area contributed by atoms with Crippen LogP contribution in [-0.4, -0.2) is 67.9 Å². The summed E-state index contributed by atoms with van der Waals surface area (Å²) in [5, 5.41) is 55.9. The molecule has 0 aromatic heterocycles. The highest BCUT2D eigenvalue weighted by Gasteiger charge is 2.67. The number of fused-ring (bicyclic) bond motifs is 5. The Kier molecular flexibility index (Phi) is 7.35. The summed E-state index contributed by atoms with van der Waals surface area (Å²) in [5.74, 6) is -0.780. The van der Waals surface area contributed by atoms with Gasteiger partial charge in [0.1, 0.15) is 6.04 Å². The molecule has 4 saturated carbocycles. The standard InChI is InChI=1S/C27H45NO7/c1-13(5-8-23(33)28-14(2)25(34)35)17-6-7-18-24-19(12-22(32)27(17,18)4)26(3)15(10-20(24)30)9-16(29)11-21(26)31/h13-22,24,29-32H,5-12H2,1-4H3,(H,28,33)(H,34,35)/t13-,14?,15?,16?,17-,18?,19?,20?,21?,22?,24?,26+,27-/m1/s1. The lowest BCUT2D eigenvalue weighted by Gasteiger charge is -2.64. The second-order valence-electron chi connectivity index (χ2n) is 12.7. The summed E-state index contributed by atoms with van der Waals surface area (Å²) in [5.41, 5.74) is -0.803. The molecule has 8 nitrogen and oxygen atoms in total. The zero-order valence-electron chi connectivity index (χ0n) is 21.6. The van der Waals surface area contributed by atoms with Crippen LogP contribution in [-0.2, 0) is 9.59 Å². The SMILES string of the molecule is CC(NC(=O)CC[C@@H](C)[C@H]1CCC2C3C(O)CC4CC(O)CC(O)[C@]4(C)C3CC(O)[C@@]21C)C(=O)O. The van der Waals surface area contributed by atoms with Crippen molar-refractivity contribution in [1.82, 2.24) is 5.32 Å². The largest absolute Gasteiger partial charge is 0.480 e. The zero-order chi connectivity index (χ0) is 25.9. The summed E-state index contributed by atoms with van der Waals surface area (Å²) in [6, 6.07) is -0.919. The van der Waals surface area contributed by atoms with Crippen molar-refractivity contribution >= 4 is 11.9 Å². The predicted molar refractivity (Wildman–Crippen MR) is 129 cm³/mol. The molecule has 0 heterocycles. The summed E-state index contributed by atoms with van der Waals surface area (Å²) in [6.45, 7) is 7.83. The molecule has 0 radical (unpaired) electrons. The van der Waals surface area contributed by atoms with Crippen molar-refractivity contribution in [2.75, 3.05) is 0 Å². The first kappa shape index (κ1) is 26.8. The molecule has 0 spiro atoms. The molecule has 4 fully saturated rings. The van der Waals surface area contributed by atoms with Crippen molar-refractivity contribution in [2.45, 2.75) is 110 Å². The Morgan fingerprint density at radius 1 is 0.914 bits per heavy atom. The van der Waals surface area contributed by atoms with E-state index in [2.05, 4.69) is 26.1 Å². The fraction of sp³-hybridized carbons (Fsp3) is 0.926. The van der Waals surface area contributed by atoms with E-state index in [9.17, 15) is 30.0 Å². The minimum atomic E-state index is -1.06. The second kappa shape index (κ2) is 9.58. The molecule has 4 aliphatic carbocycles. The lowest BCUT2D eigenvalue weighted by Crippen LogP contribution is -2.65. The van der Waals surface area contributed by atoms with Crippen LogP contribution in [0.5, 0.6) is 0 Å². The van der Waals surface area contributed by atoms with E-state index in [1.54, 1.807) is 0 Å². The van der Waals surface area contributed by atoms with E-state index in [0.717, 1.165) is 12.8 Å². The molecule has 6 N–H and O–H groups in total. The van der Waals surface area contributed by atoms with E-state index in [-0.39, 0.29) is 53.3 Å². The molecule has 0 bridgehead atoms. The molecule has 35 heavy (non-hydrogen) atoms. The van der Waals surface area contributed by atoms with Gasteiger partial charge in [-0.25, -0.2) is 0 Å². The van der Waals surface area contributed by atoms with Crippen molar-refractivity contribution in [3.8, 4) is 0 Å². The molecule has 1 amide bonds. The van der Waals surface area contributed by atoms with Gasteiger partial charge in [-0.05, 0) is 98.2 Å². The number of hydrogen-bond acceptors (Lipinski definition) is 6. The normalized spacial score (nSPS) is 48.7. The van der Waals surface area contributed by atoms with Gasteiger partial charge in [0, 0.05) is 6.42 Å². The van der Waals surface area contributed by atoms with Crippen LogP contribution in [0.3, 0.4) is 0 Å². The molecular formula is C27H45NO7. The van der Waals surface area contributed by atoms with Gasteiger partial charge in [-0.2, -0.15) is 0 Å². The smallest absolute Gasteiger partial charge is 0.325 e. The minimum Gasteiger partial charge on any atom is -0.480 e. The van der Waals surface area contributed by atoms with Gasteiger partial charge in [0.2, 0.25) is 5.91 Å². The molecule has 9 unspecified atom stereocenters. The highest BCUT2D eigenvalue weighted by molar-refractivity contribution is 5.83. The van der Waals surface area contributed by atoms with Gasteiger partial charge >= 0.3 is 5.97 Å². The van der Waals surface area contributed by atoms with Gasteiger partial charge in [-0.15, -0.1) is 0 Å². The molecule has 4 aliphatic rings. The Morgan fingerprint density at radius 2 is 1.57 bits per heavy atom. The van der Waals surface area contributed by atoms with Crippen LogP contribution in [0.15, 0.2) is 0 Å². The van der Waals surface area contributed by atoms with Gasteiger partial charge in [-0.1, -0.05) is 20.8 Å². The van der Waals surface area contributed by atoms with Crippen LogP contribution in [0.25, 0.3) is 0 Å². The Balaban J connectivity index is 1.50. The van der Waals surface area contributed by atoms with E-state index in [4.69, 9.17) is 5.11 Å². The van der Waals surface area contributed by atoms with Crippen molar-refractivity contribution in [2.24, 2.45) is 46.3 Å². The minimum absolute atomic E-state index is 0.00386. The number of amides is 1. The zero-order valence-corrected chi connectivity index (χ0v) is 21.6. The number of carboxylic acids is 1. The van der Waals surface area contributed by atoms with Crippen LogP contribution in [0.4, 0.5) is 0 Å². The molecular weight excluding hydrogens is 450 g/mol. The predicted octanol–water partition coefficient (Wildman–Crippen LogP) is 1.92. The number of nitrogens with one attached hydrogen (secondary N) is 1. The number of rotatable bonds is 6. The Morgan fingerprint density at radius 3 is 2.23 bits per heavy atom. The number of carbonyl (C=O) groups excluding carboxylic acids is 1. The van der Waals surface area contributed by atoms with Gasteiger partial charge in [-0.3, -0.25) is 9.59 Å². The van der Waals surface area contributed by atoms with E-state index in [1.165, 1.54) is 6.92 Å². The summed E-state index contributed by atoms with van der Waals surface area (Å²) in [4.78, 5) is 23.3. The van der Waals surface area contributed by atoms with Crippen molar-refractivity contribution in [1.29, 1.82) is 0 Å². The molecule has 0 aromatic carbocycles. The lowest BCUT2D eigenvalue weighted by atomic mass is 9.42. The fourth-order valence-corrected chi connectivity index (χ4v) is 9.14. The van der Waals surface area contributed by atoms with Crippen LogP contribution in [0.2, 0.25) is 0 Å². The summed E-state index contributed by atoms with van der Waals surface area (Å²) in [6.07, 6.45) is 2.49. The third-order valence-electron chi connectivity index (χ3n) is 11.2. The highest BCUT2D eigenvalue weighted by atomic mass is 16.4. The summed E-state index contributed by atoms with van der Waals surface area (Å²) in [7, 11) is 0. The number of carbonyl (C=O) groups is 2. The van der Waals surface area contributed by atoms with Gasteiger partial charge in [0.05, 0.1) is 24.4 Å². The Bertz CT molecular complexity index is 821. The first-order valence-corrected chi connectivity index (χ1v) is 13.6. The molecule has 8 heteroatoms. The second-order valence-corrected chi connectivity index (χ2v) is 12.7. The van der Waals surface area contributed by atoms with Crippen LogP contribution >= 0.6 is 0 Å². The maximum Gasteiger partial charge on any atom is 0.325 e. The number of aliphatic carboxylic acids is 1. The van der Waals surface area contributed by atoms with E-state index in [1.807, 2.05) is 0 Å². The first-order chi connectivity index (χ1) is 16.3. The van der Waals surface area contributed by atoms with E-state index >= 15 is 0 Å². The number of hydrogen-bond donors (Lipinski definition) is 6. The average Bonchev–Trinajstić information content (AvgIpc) is 3.13. The number of carboxylic acid groups (broad SMARTS) is 1. The van der Waals surface area contributed by atoms with Gasteiger partial charge in [0.25, 0.3) is 0 Å². The molecule has 0 aromatic rings. The molecule has 4 rings (SSSR count). The third kappa shape index (κ3) is 4.32. The number of aliphatic hydroxyl groups excluding tert-OH is 4.